The van der Waals surface area contributed by atoms with Gasteiger partial charge in [-0.3, -0.25) is 0 Å². The summed E-state index contributed by atoms with van der Waals surface area (Å²) in [4.78, 5) is 4.29. The van der Waals surface area contributed by atoms with E-state index in [9.17, 15) is 5.11 Å². The highest BCUT2D eigenvalue weighted by molar-refractivity contribution is 9.10. The van der Waals surface area contributed by atoms with Crippen molar-refractivity contribution in [3.8, 4) is 17.2 Å². The molecule has 0 saturated carbocycles. The lowest BCUT2D eigenvalue weighted by atomic mass is 10.1. The van der Waals surface area contributed by atoms with Gasteiger partial charge in [0.15, 0.2) is 0 Å². The minimum Gasteiger partial charge on any atom is -0.508 e. The number of phenolic OH excluding ortho intramolecular Hbond substituents is 1. The number of hydrogen-bond acceptors (Lipinski definition) is 3. The van der Waals surface area contributed by atoms with Gasteiger partial charge in [-0.1, -0.05) is 28.1 Å². The summed E-state index contributed by atoms with van der Waals surface area (Å²) in [5.74, 6) is 0.800. The van der Waals surface area contributed by atoms with Crippen LogP contribution in [0.1, 0.15) is 11.3 Å². The van der Waals surface area contributed by atoms with Crippen molar-refractivity contribution >= 4 is 26.8 Å². The number of aromatic hydroxyl groups is 1. The summed E-state index contributed by atoms with van der Waals surface area (Å²) in [5, 5.41) is 10.8. The Bertz CT molecular complexity index is 1000. The molecule has 1 N–H and O–H groups in total. The van der Waals surface area contributed by atoms with Crippen LogP contribution in [0.3, 0.4) is 0 Å². The molecule has 0 saturated heterocycles. The normalized spacial score (nSPS) is 11.2. The van der Waals surface area contributed by atoms with Crippen LogP contribution in [0.2, 0.25) is 0 Å². The van der Waals surface area contributed by atoms with Crippen LogP contribution in [0, 0.1) is 6.92 Å². The van der Waals surface area contributed by atoms with Gasteiger partial charge >= 0.3 is 0 Å². The summed E-state index contributed by atoms with van der Waals surface area (Å²) in [6, 6.07) is 13.7. The van der Waals surface area contributed by atoms with Gasteiger partial charge < -0.3 is 14.1 Å². The van der Waals surface area contributed by atoms with Gasteiger partial charge in [-0.2, -0.15) is 0 Å². The maximum Gasteiger partial charge on any atom is 0.228 e. The second kappa shape index (κ2) is 5.83. The molecule has 4 rings (SSSR count). The van der Waals surface area contributed by atoms with E-state index in [1.54, 1.807) is 24.6 Å². The number of phenols is 1. The lowest BCUT2D eigenvalue weighted by Crippen LogP contribution is -2.01. The fourth-order valence-corrected chi connectivity index (χ4v) is 3.33. The first-order valence-electron chi connectivity index (χ1n) is 7.59. The van der Waals surface area contributed by atoms with Crippen LogP contribution in [0.5, 0.6) is 5.75 Å². The molecular weight excluding hydrogens is 368 g/mol. The number of halogens is 1. The zero-order valence-corrected chi connectivity index (χ0v) is 14.6. The Hall–Kier alpha value is -2.53. The Morgan fingerprint density at radius 1 is 1.17 bits per heavy atom. The predicted octanol–water partition coefficient (Wildman–Crippen LogP) is 5.12. The Balaban J connectivity index is 1.92. The Labute approximate surface area is 147 Å². The molecule has 0 amide bonds. The molecule has 0 spiro atoms. The molecule has 24 heavy (non-hydrogen) atoms. The number of rotatable bonds is 3. The second-order valence-electron chi connectivity index (χ2n) is 5.71. The summed E-state index contributed by atoms with van der Waals surface area (Å²) in [7, 11) is 0. The summed E-state index contributed by atoms with van der Waals surface area (Å²) in [6.07, 6.45) is 3.20. The van der Waals surface area contributed by atoms with Crippen LogP contribution in [-0.4, -0.2) is 14.7 Å². The van der Waals surface area contributed by atoms with Crippen molar-refractivity contribution in [1.29, 1.82) is 0 Å². The summed E-state index contributed by atoms with van der Waals surface area (Å²) in [6.45, 7) is 2.79. The van der Waals surface area contributed by atoms with Crippen molar-refractivity contribution in [3.63, 3.8) is 0 Å². The van der Waals surface area contributed by atoms with Gasteiger partial charge in [-0.05, 0) is 42.8 Å². The van der Waals surface area contributed by atoms with Crippen molar-refractivity contribution in [2.24, 2.45) is 0 Å². The molecule has 0 fully saturated rings. The topological polar surface area (TPSA) is 51.2 Å². The minimum absolute atomic E-state index is 0.232. The standard InChI is InChI=1S/C19H15BrN2O2/c1-12-18(19-21-8-9-24-19)16-10-15(23)6-7-17(16)22(12)11-13-2-4-14(20)5-3-13/h2-10,23H,11H2,1H3. The SMILES string of the molecule is Cc1c(-c2ncco2)c2cc(O)ccc2n1Cc1ccc(Br)cc1. The maximum absolute atomic E-state index is 9.91. The smallest absolute Gasteiger partial charge is 0.228 e. The summed E-state index contributed by atoms with van der Waals surface area (Å²) < 4.78 is 8.80. The van der Waals surface area contributed by atoms with E-state index < -0.39 is 0 Å². The Morgan fingerprint density at radius 2 is 1.96 bits per heavy atom. The second-order valence-corrected chi connectivity index (χ2v) is 6.63. The van der Waals surface area contributed by atoms with Crippen molar-refractivity contribution < 1.29 is 9.52 Å². The quantitative estimate of drug-likeness (QED) is 0.534. The number of hydrogen-bond donors (Lipinski definition) is 1. The first kappa shape index (κ1) is 15.0. The number of nitrogens with zero attached hydrogens (tertiary/aromatic N) is 2. The highest BCUT2D eigenvalue weighted by Gasteiger charge is 2.19. The van der Waals surface area contributed by atoms with E-state index >= 15 is 0 Å². The first-order valence-corrected chi connectivity index (χ1v) is 8.39. The zero-order valence-electron chi connectivity index (χ0n) is 13.0. The fourth-order valence-electron chi connectivity index (χ4n) is 3.06. The summed E-state index contributed by atoms with van der Waals surface area (Å²) in [5.41, 5.74) is 4.22. The molecule has 2 heterocycles. The monoisotopic (exact) mass is 382 g/mol. The van der Waals surface area contributed by atoms with Gasteiger partial charge in [-0.25, -0.2) is 4.98 Å². The van der Waals surface area contributed by atoms with Gasteiger partial charge in [-0.15, -0.1) is 0 Å². The van der Waals surface area contributed by atoms with Gasteiger partial charge in [0.2, 0.25) is 5.89 Å². The van der Waals surface area contributed by atoms with Crippen LogP contribution < -0.4 is 0 Å². The minimum atomic E-state index is 0.232. The molecule has 0 bridgehead atoms. The van der Waals surface area contributed by atoms with Gasteiger partial charge in [0, 0.05) is 27.6 Å². The average Bonchev–Trinajstić information content (AvgIpc) is 3.17. The third-order valence-corrected chi connectivity index (χ3v) is 4.74. The predicted molar refractivity (Wildman–Crippen MR) is 97.1 cm³/mol. The lowest BCUT2D eigenvalue weighted by Gasteiger charge is -2.09. The molecule has 2 aromatic carbocycles. The number of oxazole rings is 1. The van der Waals surface area contributed by atoms with Crippen LogP contribution in [0.15, 0.2) is 63.8 Å². The van der Waals surface area contributed by atoms with E-state index in [2.05, 4.69) is 44.5 Å². The van der Waals surface area contributed by atoms with E-state index in [0.717, 1.165) is 33.2 Å². The molecule has 4 aromatic rings. The maximum atomic E-state index is 9.91. The largest absolute Gasteiger partial charge is 0.508 e. The van der Waals surface area contributed by atoms with Crippen LogP contribution in [-0.2, 0) is 6.54 Å². The van der Waals surface area contributed by atoms with Crippen molar-refractivity contribution in [2.75, 3.05) is 0 Å². The Kier molecular flexibility index (Phi) is 3.65. The first-order chi connectivity index (χ1) is 11.6. The van der Waals surface area contributed by atoms with Gasteiger partial charge in [0.05, 0.1) is 11.8 Å². The van der Waals surface area contributed by atoms with Crippen molar-refractivity contribution in [2.45, 2.75) is 13.5 Å². The molecule has 0 aliphatic heterocycles. The molecule has 5 heteroatoms. The lowest BCUT2D eigenvalue weighted by molar-refractivity contribution is 0.476. The molecule has 0 aliphatic rings. The number of fused-ring (bicyclic) bond motifs is 1. The average molecular weight is 383 g/mol. The molecule has 2 aromatic heterocycles. The van der Waals surface area contributed by atoms with E-state index in [1.165, 1.54) is 5.56 Å². The van der Waals surface area contributed by atoms with Crippen LogP contribution in [0.25, 0.3) is 22.4 Å². The molecule has 0 atom stereocenters. The van der Waals surface area contributed by atoms with Gasteiger partial charge in [0.25, 0.3) is 0 Å². The Morgan fingerprint density at radius 3 is 2.67 bits per heavy atom. The molecule has 120 valence electrons. The highest BCUT2D eigenvalue weighted by atomic mass is 79.9. The zero-order chi connectivity index (χ0) is 16.7. The molecule has 0 radical (unpaired) electrons. The third kappa shape index (κ3) is 2.51. The van der Waals surface area contributed by atoms with E-state index in [0.29, 0.717) is 5.89 Å². The fraction of sp³-hybridized carbons (Fsp3) is 0.105. The molecule has 0 unspecified atom stereocenters. The van der Waals surface area contributed by atoms with Gasteiger partial charge in [0.1, 0.15) is 12.0 Å². The van der Waals surface area contributed by atoms with E-state index in [4.69, 9.17) is 4.42 Å². The number of aromatic nitrogens is 2. The number of benzene rings is 2. The molecule has 4 nitrogen and oxygen atoms in total. The molecular formula is C19H15BrN2O2. The highest BCUT2D eigenvalue weighted by Crippen LogP contribution is 2.36. The summed E-state index contributed by atoms with van der Waals surface area (Å²) >= 11 is 3.47. The third-order valence-electron chi connectivity index (χ3n) is 4.21. The van der Waals surface area contributed by atoms with Crippen molar-refractivity contribution in [3.05, 3.63) is 70.7 Å². The van der Waals surface area contributed by atoms with Crippen LogP contribution >= 0.6 is 15.9 Å². The van der Waals surface area contributed by atoms with E-state index in [-0.39, 0.29) is 5.75 Å². The van der Waals surface area contributed by atoms with Crippen LogP contribution in [0.4, 0.5) is 0 Å². The van der Waals surface area contributed by atoms with Crippen molar-refractivity contribution in [1.82, 2.24) is 9.55 Å². The molecule has 0 aliphatic carbocycles. The van der Waals surface area contributed by atoms with E-state index in [1.807, 2.05) is 18.2 Å².